The first kappa shape index (κ1) is 18.0. The quantitative estimate of drug-likeness (QED) is 0.743. The van der Waals surface area contributed by atoms with Crippen LogP contribution in [0, 0.1) is 5.92 Å². The van der Waals surface area contributed by atoms with E-state index >= 15 is 0 Å². The third kappa shape index (κ3) is 5.08. The number of ether oxygens (including phenoxy) is 1. The maximum absolute atomic E-state index is 12.0. The molecule has 0 unspecified atom stereocenters. The highest BCUT2D eigenvalue weighted by atomic mass is 16.5. The van der Waals surface area contributed by atoms with Gasteiger partial charge in [-0.1, -0.05) is 19.0 Å². The third-order valence-corrected chi connectivity index (χ3v) is 3.51. The lowest BCUT2D eigenvalue weighted by atomic mass is 10.2. The first-order valence-electron chi connectivity index (χ1n) is 8.29. The van der Waals surface area contributed by atoms with Crippen molar-refractivity contribution in [3.05, 3.63) is 30.2 Å². The molecule has 2 rings (SSSR count). The van der Waals surface area contributed by atoms with Crippen molar-refractivity contribution in [1.29, 1.82) is 0 Å². The number of hydrogen-bond acceptors (Lipinski definition) is 5. The number of aromatic nitrogens is 2. The summed E-state index contributed by atoms with van der Waals surface area (Å²) < 4.78 is 10.7. The van der Waals surface area contributed by atoms with Gasteiger partial charge >= 0.3 is 0 Å². The molecule has 0 aliphatic rings. The highest BCUT2D eigenvalue weighted by molar-refractivity contribution is 5.76. The summed E-state index contributed by atoms with van der Waals surface area (Å²) in [5.74, 6) is 2.35. The smallest absolute Gasteiger partial charge is 0.227 e. The third-order valence-electron chi connectivity index (χ3n) is 3.51. The van der Waals surface area contributed by atoms with E-state index < -0.39 is 0 Å². The molecule has 1 amide bonds. The molecule has 0 radical (unpaired) electrons. The Kier molecular flexibility index (Phi) is 6.35. The summed E-state index contributed by atoms with van der Waals surface area (Å²) in [6, 6.07) is 7.53. The number of nitrogens with zero attached hydrogens (tertiary/aromatic N) is 3. The first-order chi connectivity index (χ1) is 11.5. The van der Waals surface area contributed by atoms with E-state index in [0.717, 1.165) is 17.9 Å². The van der Waals surface area contributed by atoms with Gasteiger partial charge in [-0.2, -0.15) is 4.98 Å². The fourth-order valence-electron chi connectivity index (χ4n) is 2.39. The van der Waals surface area contributed by atoms with Crippen molar-refractivity contribution in [2.24, 2.45) is 5.92 Å². The van der Waals surface area contributed by atoms with Crippen molar-refractivity contribution < 1.29 is 14.1 Å². The van der Waals surface area contributed by atoms with Crippen LogP contribution >= 0.6 is 0 Å². The van der Waals surface area contributed by atoms with Crippen LogP contribution in [0.4, 0.5) is 0 Å². The first-order valence-corrected chi connectivity index (χ1v) is 8.29. The van der Waals surface area contributed by atoms with Gasteiger partial charge in [0.1, 0.15) is 5.75 Å². The van der Waals surface area contributed by atoms with E-state index in [1.807, 2.05) is 38.2 Å². The molecule has 0 fully saturated rings. The molecule has 130 valence electrons. The molecule has 1 heterocycles. The van der Waals surface area contributed by atoms with E-state index in [2.05, 4.69) is 24.0 Å². The average Bonchev–Trinajstić information content (AvgIpc) is 3.02. The van der Waals surface area contributed by atoms with Gasteiger partial charge < -0.3 is 14.2 Å². The molecule has 24 heavy (non-hydrogen) atoms. The van der Waals surface area contributed by atoms with E-state index in [1.54, 1.807) is 4.90 Å². The maximum Gasteiger partial charge on any atom is 0.227 e. The number of carbonyl (C=O) groups excluding carboxylic acids is 1. The van der Waals surface area contributed by atoms with Crippen molar-refractivity contribution in [3.8, 4) is 17.1 Å². The van der Waals surface area contributed by atoms with Gasteiger partial charge in [0.15, 0.2) is 0 Å². The van der Waals surface area contributed by atoms with Crippen molar-refractivity contribution >= 4 is 5.91 Å². The van der Waals surface area contributed by atoms with Crippen LogP contribution in [0.2, 0.25) is 0 Å². The zero-order chi connectivity index (χ0) is 17.5. The lowest BCUT2D eigenvalue weighted by Crippen LogP contribution is -2.30. The second-order valence-electron chi connectivity index (χ2n) is 6.14. The van der Waals surface area contributed by atoms with Crippen LogP contribution in [0.1, 0.15) is 33.1 Å². The number of amides is 1. The highest BCUT2D eigenvalue weighted by Crippen LogP contribution is 2.20. The van der Waals surface area contributed by atoms with Gasteiger partial charge in [0.2, 0.25) is 17.6 Å². The van der Waals surface area contributed by atoms with Crippen molar-refractivity contribution in [1.82, 2.24) is 15.0 Å². The minimum atomic E-state index is 0.0875. The highest BCUT2D eigenvalue weighted by Gasteiger charge is 2.14. The van der Waals surface area contributed by atoms with Crippen LogP contribution < -0.4 is 4.74 Å². The van der Waals surface area contributed by atoms with Crippen LogP contribution in [0.3, 0.4) is 0 Å². The van der Waals surface area contributed by atoms with Crippen molar-refractivity contribution in [3.63, 3.8) is 0 Å². The molecular weight excluding hydrogens is 306 g/mol. The van der Waals surface area contributed by atoms with Crippen LogP contribution in [-0.4, -0.2) is 41.1 Å². The SMILES string of the molecule is CCOc1ccc(-c2noc(CCC(=O)N(C)CC(C)C)n2)cc1. The number of carbonyl (C=O) groups is 1. The van der Waals surface area contributed by atoms with Gasteiger partial charge in [-0.25, -0.2) is 0 Å². The second-order valence-corrected chi connectivity index (χ2v) is 6.14. The van der Waals surface area contributed by atoms with Crippen LogP contribution in [0.25, 0.3) is 11.4 Å². The Morgan fingerprint density at radius 2 is 2.00 bits per heavy atom. The number of hydrogen-bond donors (Lipinski definition) is 0. The Hall–Kier alpha value is -2.37. The predicted octanol–water partition coefficient (Wildman–Crippen LogP) is 3.18. The molecule has 1 aromatic carbocycles. The average molecular weight is 331 g/mol. The Labute approximate surface area is 142 Å². The summed E-state index contributed by atoms with van der Waals surface area (Å²) in [7, 11) is 1.82. The Bertz CT molecular complexity index is 650. The van der Waals surface area contributed by atoms with E-state index in [1.165, 1.54) is 0 Å². The molecule has 0 aliphatic heterocycles. The fourth-order valence-corrected chi connectivity index (χ4v) is 2.39. The molecule has 0 saturated heterocycles. The fraction of sp³-hybridized carbons (Fsp3) is 0.500. The van der Waals surface area contributed by atoms with Crippen molar-refractivity contribution in [2.75, 3.05) is 20.2 Å². The summed E-state index contributed by atoms with van der Waals surface area (Å²) in [5.41, 5.74) is 0.858. The van der Waals surface area contributed by atoms with Gasteiger partial charge in [-0.15, -0.1) is 0 Å². The second kappa shape index (κ2) is 8.47. The molecule has 0 atom stereocenters. The van der Waals surface area contributed by atoms with E-state index in [9.17, 15) is 4.79 Å². The molecule has 6 nitrogen and oxygen atoms in total. The summed E-state index contributed by atoms with van der Waals surface area (Å²) in [5, 5.41) is 3.98. The Morgan fingerprint density at radius 3 is 2.62 bits per heavy atom. The van der Waals surface area contributed by atoms with Gasteiger partial charge in [-0.3, -0.25) is 4.79 Å². The summed E-state index contributed by atoms with van der Waals surface area (Å²) in [6.07, 6.45) is 0.819. The summed E-state index contributed by atoms with van der Waals surface area (Å²) in [4.78, 5) is 18.2. The summed E-state index contributed by atoms with van der Waals surface area (Å²) in [6.45, 7) is 7.50. The lowest BCUT2D eigenvalue weighted by molar-refractivity contribution is -0.130. The van der Waals surface area contributed by atoms with E-state index in [4.69, 9.17) is 9.26 Å². The normalized spacial score (nSPS) is 10.9. The molecule has 0 N–H and O–H groups in total. The van der Waals surface area contributed by atoms with Gasteiger partial charge in [0.25, 0.3) is 0 Å². The van der Waals surface area contributed by atoms with Crippen molar-refractivity contribution in [2.45, 2.75) is 33.6 Å². The van der Waals surface area contributed by atoms with Crippen LogP contribution in [0.15, 0.2) is 28.8 Å². The number of rotatable bonds is 8. The molecule has 6 heteroatoms. The topological polar surface area (TPSA) is 68.5 Å². The lowest BCUT2D eigenvalue weighted by Gasteiger charge is -2.18. The van der Waals surface area contributed by atoms with Crippen LogP contribution in [0.5, 0.6) is 5.75 Å². The van der Waals surface area contributed by atoms with E-state index in [0.29, 0.717) is 37.1 Å². The monoisotopic (exact) mass is 331 g/mol. The Balaban J connectivity index is 1.92. The van der Waals surface area contributed by atoms with E-state index in [-0.39, 0.29) is 5.91 Å². The maximum atomic E-state index is 12.0. The zero-order valence-corrected chi connectivity index (χ0v) is 14.8. The minimum Gasteiger partial charge on any atom is -0.494 e. The van der Waals surface area contributed by atoms with Crippen LogP contribution in [-0.2, 0) is 11.2 Å². The molecular formula is C18H25N3O3. The largest absolute Gasteiger partial charge is 0.494 e. The molecule has 0 bridgehead atoms. The predicted molar refractivity (Wildman–Crippen MR) is 91.7 cm³/mol. The standard InChI is InChI=1S/C18H25N3O3/c1-5-23-15-8-6-14(7-9-15)18-19-16(24-20-18)10-11-17(22)21(4)12-13(2)3/h6-9,13H,5,10-12H2,1-4H3. The Morgan fingerprint density at radius 1 is 1.29 bits per heavy atom. The molecule has 0 spiro atoms. The summed E-state index contributed by atoms with van der Waals surface area (Å²) >= 11 is 0. The van der Waals surface area contributed by atoms with Gasteiger partial charge in [0, 0.05) is 32.0 Å². The molecule has 0 saturated carbocycles. The van der Waals surface area contributed by atoms with Gasteiger partial charge in [0.05, 0.1) is 6.61 Å². The number of benzene rings is 1. The number of aryl methyl sites for hydroxylation is 1. The molecule has 0 aliphatic carbocycles. The zero-order valence-electron chi connectivity index (χ0n) is 14.8. The minimum absolute atomic E-state index is 0.0875. The van der Waals surface area contributed by atoms with Gasteiger partial charge in [-0.05, 0) is 37.1 Å². The molecule has 2 aromatic rings. The molecule has 1 aromatic heterocycles.